The predicted octanol–water partition coefficient (Wildman–Crippen LogP) is 3.91. The average molecular weight is 240 g/mol. The molecule has 0 unspecified atom stereocenters. The zero-order valence-electron chi connectivity index (χ0n) is 9.26. The van der Waals surface area contributed by atoms with Crippen LogP contribution in [0.2, 0.25) is 0 Å². The van der Waals surface area contributed by atoms with Gasteiger partial charge in [0.1, 0.15) is 4.83 Å². The first-order valence-electron chi connectivity index (χ1n) is 5.53. The fourth-order valence-electron chi connectivity index (χ4n) is 1.76. The number of nitrogens with zero attached hydrogens (tertiary/aromatic N) is 1. The second-order valence-corrected chi connectivity index (χ2v) is 4.77. The molecule has 0 aliphatic rings. The number of hydrogen-bond acceptors (Lipinski definition) is 3. The highest BCUT2D eigenvalue weighted by molar-refractivity contribution is 7.16. The molecular weight excluding hydrogens is 228 g/mol. The zero-order chi connectivity index (χ0) is 11.5. The zero-order valence-corrected chi connectivity index (χ0v) is 10.1. The smallest absolute Gasteiger partial charge is 0.123 e. The molecule has 2 aromatic heterocycles. The summed E-state index contributed by atoms with van der Waals surface area (Å²) in [5.74, 6) is 0. The normalized spacial score (nSPS) is 10.6. The van der Waals surface area contributed by atoms with E-state index in [1.807, 2.05) is 12.3 Å². The molecule has 0 spiro atoms. The second-order valence-electron chi connectivity index (χ2n) is 3.88. The molecule has 0 bridgehead atoms. The number of anilines is 1. The van der Waals surface area contributed by atoms with Crippen LogP contribution < -0.4 is 5.32 Å². The molecule has 3 heteroatoms. The molecule has 0 aliphatic heterocycles. The van der Waals surface area contributed by atoms with Crippen LogP contribution in [0.5, 0.6) is 0 Å². The van der Waals surface area contributed by atoms with Crippen molar-refractivity contribution in [3.05, 3.63) is 59.6 Å². The van der Waals surface area contributed by atoms with E-state index in [4.69, 9.17) is 0 Å². The molecule has 0 radical (unpaired) electrons. The van der Waals surface area contributed by atoms with Gasteiger partial charge in [-0.3, -0.25) is 0 Å². The lowest BCUT2D eigenvalue weighted by atomic mass is 10.2. The molecule has 84 valence electrons. The fourth-order valence-corrected chi connectivity index (χ4v) is 2.48. The highest BCUT2D eigenvalue weighted by atomic mass is 32.1. The van der Waals surface area contributed by atoms with Crippen molar-refractivity contribution in [3.8, 4) is 0 Å². The first kappa shape index (κ1) is 10.3. The molecule has 0 aliphatic carbocycles. The summed E-state index contributed by atoms with van der Waals surface area (Å²) in [6.45, 7) is 0.832. The molecule has 2 heterocycles. The summed E-state index contributed by atoms with van der Waals surface area (Å²) in [7, 11) is 0. The SMILES string of the molecule is c1ccc(CNc2cnc3sccc3c2)cc1. The Labute approximate surface area is 104 Å². The minimum absolute atomic E-state index is 0.832. The maximum Gasteiger partial charge on any atom is 0.123 e. The molecule has 2 nitrogen and oxygen atoms in total. The third-order valence-electron chi connectivity index (χ3n) is 2.65. The van der Waals surface area contributed by atoms with Gasteiger partial charge in [0.15, 0.2) is 0 Å². The summed E-state index contributed by atoms with van der Waals surface area (Å²) < 4.78 is 0. The van der Waals surface area contributed by atoms with Gasteiger partial charge in [0.25, 0.3) is 0 Å². The van der Waals surface area contributed by atoms with Gasteiger partial charge in [0, 0.05) is 11.9 Å². The fraction of sp³-hybridized carbons (Fsp3) is 0.0714. The Bertz CT molecular complexity index is 616. The Morgan fingerprint density at radius 1 is 1.12 bits per heavy atom. The highest BCUT2D eigenvalue weighted by Crippen LogP contribution is 2.21. The van der Waals surface area contributed by atoms with Gasteiger partial charge in [-0.1, -0.05) is 30.3 Å². The van der Waals surface area contributed by atoms with Crippen LogP contribution in [0, 0.1) is 0 Å². The third kappa shape index (κ3) is 2.29. The standard InChI is InChI=1S/C14H12N2S/c1-2-4-11(5-3-1)9-15-13-8-12-6-7-17-14(12)16-10-13/h1-8,10,15H,9H2. The van der Waals surface area contributed by atoms with Crippen LogP contribution in [-0.2, 0) is 6.54 Å². The van der Waals surface area contributed by atoms with Crippen LogP contribution in [0.4, 0.5) is 5.69 Å². The number of thiophene rings is 1. The van der Waals surface area contributed by atoms with Crippen LogP contribution in [0.25, 0.3) is 10.2 Å². The molecule has 0 fully saturated rings. The van der Waals surface area contributed by atoms with E-state index >= 15 is 0 Å². The average Bonchev–Trinajstić information content (AvgIpc) is 2.85. The predicted molar refractivity (Wildman–Crippen MR) is 73.4 cm³/mol. The van der Waals surface area contributed by atoms with Crippen molar-refractivity contribution in [3.63, 3.8) is 0 Å². The highest BCUT2D eigenvalue weighted by Gasteiger charge is 1.98. The molecule has 3 aromatic rings. The first-order chi connectivity index (χ1) is 8.42. The number of benzene rings is 1. The lowest BCUT2D eigenvalue weighted by molar-refractivity contribution is 1.14. The van der Waals surface area contributed by atoms with Crippen LogP contribution in [-0.4, -0.2) is 4.98 Å². The van der Waals surface area contributed by atoms with Gasteiger partial charge < -0.3 is 5.32 Å². The lowest BCUT2D eigenvalue weighted by Crippen LogP contribution is -1.99. The van der Waals surface area contributed by atoms with Crippen LogP contribution in [0.15, 0.2) is 54.0 Å². The number of fused-ring (bicyclic) bond motifs is 1. The van der Waals surface area contributed by atoms with E-state index in [1.54, 1.807) is 11.3 Å². The summed E-state index contributed by atoms with van der Waals surface area (Å²) in [5, 5.41) is 6.66. The van der Waals surface area contributed by atoms with E-state index < -0.39 is 0 Å². The quantitative estimate of drug-likeness (QED) is 0.750. The van der Waals surface area contributed by atoms with Crippen molar-refractivity contribution in [2.45, 2.75) is 6.54 Å². The topological polar surface area (TPSA) is 24.9 Å². The Balaban J connectivity index is 1.76. The molecule has 17 heavy (non-hydrogen) atoms. The number of pyridine rings is 1. The lowest BCUT2D eigenvalue weighted by Gasteiger charge is -2.05. The summed E-state index contributed by atoms with van der Waals surface area (Å²) in [6, 6.07) is 14.6. The van der Waals surface area contributed by atoms with Crippen molar-refractivity contribution < 1.29 is 0 Å². The maximum atomic E-state index is 4.41. The monoisotopic (exact) mass is 240 g/mol. The molecule has 0 amide bonds. The van der Waals surface area contributed by atoms with Crippen LogP contribution in [0.3, 0.4) is 0 Å². The Morgan fingerprint density at radius 3 is 2.88 bits per heavy atom. The summed E-state index contributed by atoms with van der Waals surface area (Å²) in [6.07, 6.45) is 1.89. The van der Waals surface area contributed by atoms with Crippen molar-refractivity contribution in [1.82, 2.24) is 4.98 Å². The van der Waals surface area contributed by atoms with Gasteiger partial charge in [-0.15, -0.1) is 11.3 Å². The van der Waals surface area contributed by atoms with E-state index in [0.29, 0.717) is 0 Å². The van der Waals surface area contributed by atoms with E-state index in [2.05, 4.69) is 52.1 Å². The Hall–Kier alpha value is -1.87. The number of hydrogen-bond donors (Lipinski definition) is 1. The Morgan fingerprint density at radius 2 is 2.00 bits per heavy atom. The van der Waals surface area contributed by atoms with E-state index in [9.17, 15) is 0 Å². The largest absolute Gasteiger partial charge is 0.380 e. The minimum atomic E-state index is 0.832. The summed E-state index contributed by atoms with van der Waals surface area (Å²) >= 11 is 1.67. The number of nitrogens with one attached hydrogen (secondary N) is 1. The number of rotatable bonds is 3. The van der Waals surface area contributed by atoms with Crippen LogP contribution in [0.1, 0.15) is 5.56 Å². The van der Waals surface area contributed by atoms with Crippen molar-refractivity contribution in [2.24, 2.45) is 0 Å². The van der Waals surface area contributed by atoms with E-state index in [1.165, 1.54) is 10.9 Å². The molecule has 1 aromatic carbocycles. The summed E-state index contributed by atoms with van der Waals surface area (Å²) in [5.41, 5.74) is 2.35. The first-order valence-corrected chi connectivity index (χ1v) is 6.41. The molecule has 0 atom stereocenters. The van der Waals surface area contributed by atoms with Gasteiger partial charge in [-0.25, -0.2) is 4.98 Å². The van der Waals surface area contributed by atoms with Gasteiger partial charge in [0.05, 0.1) is 11.9 Å². The summed E-state index contributed by atoms with van der Waals surface area (Å²) in [4.78, 5) is 5.50. The molecule has 0 saturated heterocycles. The molecule has 1 N–H and O–H groups in total. The van der Waals surface area contributed by atoms with E-state index in [-0.39, 0.29) is 0 Å². The number of aromatic nitrogens is 1. The van der Waals surface area contributed by atoms with Crippen molar-refractivity contribution in [2.75, 3.05) is 5.32 Å². The van der Waals surface area contributed by atoms with Gasteiger partial charge in [-0.05, 0) is 23.1 Å². The third-order valence-corrected chi connectivity index (χ3v) is 3.48. The van der Waals surface area contributed by atoms with Crippen molar-refractivity contribution >= 4 is 27.2 Å². The van der Waals surface area contributed by atoms with E-state index in [0.717, 1.165) is 17.1 Å². The van der Waals surface area contributed by atoms with Gasteiger partial charge in [-0.2, -0.15) is 0 Å². The van der Waals surface area contributed by atoms with Crippen molar-refractivity contribution in [1.29, 1.82) is 0 Å². The second kappa shape index (κ2) is 4.55. The van der Waals surface area contributed by atoms with Gasteiger partial charge in [0.2, 0.25) is 0 Å². The maximum absolute atomic E-state index is 4.41. The molecule has 3 rings (SSSR count). The van der Waals surface area contributed by atoms with Crippen LogP contribution >= 0.6 is 11.3 Å². The van der Waals surface area contributed by atoms with Gasteiger partial charge >= 0.3 is 0 Å². The molecule has 0 saturated carbocycles. The molecular formula is C14H12N2S. The Kier molecular flexibility index (Phi) is 2.76. The minimum Gasteiger partial charge on any atom is -0.380 e.